The lowest BCUT2D eigenvalue weighted by Crippen LogP contribution is -2.08. The van der Waals surface area contributed by atoms with E-state index in [0.29, 0.717) is 16.1 Å². The third-order valence-corrected chi connectivity index (χ3v) is 3.31. The van der Waals surface area contributed by atoms with Crippen LogP contribution in [0.1, 0.15) is 34.0 Å². The summed E-state index contributed by atoms with van der Waals surface area (Å²) in [4.78, 5) is 23.9. The number of hydrogen-bond donors (Lipinski definition) is 0. The van der Waals surface area contributed by atoms with Crippen molar-refractivity contribution in [2.75, 3.05) is 0 Å². The van der Waals surface area contributed by atoms with E-state index in [0.717, 1.165) is 11.1 Å². The summed E-state index contributed by atoms with van der Waals surface area (Å²) < 4.78 is 0. The van der Waals surface area contributed by atoms with Crippen LogP contribution in [0.4, 0.5) is 0 Å². The van der Waals surface area contributed by atoms with E-state index in [9.17, 15) is 9.59 Å². The number of aryl methyl sites for hydroxylation is 1. The number of rotatable bonds is 4. The molecule has 0 spiro atoms. The molecule has 0 aromatic heterocycles. The number of Topliss-reactive ketones (excluding diaryl/α,β-unsaturated/α-hetero) is 1. The van der Waals surface area contributed by atoms with Gasteiger partial charge in [-0.15, -0.1) is 0 Å². The third-order valence-electron chi connectivity index (χ3n) is 3.06. The van der Waals surface area contributed by atoms with E-state index in [4.69, 9.17) is 11.6 Å². The fourth-order valence-corrected chi connectivity index (χ4v) is 2.21. The van der Waals surface area contributed by atoms with Crippen LogP contribution in [0.25, 0.3) is 0 Å². The van der Waals surface area contributed by atoms with Crippen LogP contribution in [0.5, 0.6) is 0 Å². The second-order valence-corrected chi connectivity index (χ2v) is 5.31. The van der Waals surface area contributed by atoms with Gasteiger partial charge in [0, 0.05) is 22.6 Å². The van der Waals surface area contributed by atoms with Crippen molar-refractivity contribution >= 4 is 23.2 Å². The van der Waals surface area contributed by atoms with E-state index in [2.05, 4.69) is 0 Å². The Labute approximate surface area is 123 Å². The molecular formula is C17H15ClO2. The highest BCUT2D eigenvalue weighted by molar-refractivity contribution is 6.30. The normalized spacial score (nSPS) is 10.3. The smallest absolute Gasteiger partial charge is 0.193 e. The largest absolute Gasteiger partial charge is 0.300 e. The van der Waals surface area contributed by atoms with E-state index in [-0.39, 0.29) is 18.0 Å². The number of carbonyl (C=O) groups is 2. The minimum atomic E-state index is -0.0818. The molecule has 2 aromatic carbocycles. The van der Waals surface area contributed by atoms with Gasteiger partial charge in [-0.05, 0) is 49.7 Å². The van der Waals surface area contributed by atoms with E-state index >= 15 is 0 Å². The molecule has 2 aromatic rings. The van der Waals surface area contributed by atoms with Crippen molar-refractivity contribution in [2.45, 2.75) is 20.3 Å². The Bertz CT molecular complexity index is 657. The Morgan fingerprint density at radius 1 is 1.05 bits per heavy atom. The number of ketones is 2. The molecule has 0 fully saturated rings. The fraction of sp³-hybridized carbons (Fsp3) is 0.176. The summed E-state index contributed by atoms with van der Waals surface area (Å²) in [6, 6.07) is 12.4. The van der Waals surface area contributed by atoms with Gasteiger partial charge in [0.15, 0.2) is 5.78 Å². The molecule has 0 saturated carbocycles. The molecule has 0 unspecified atom stereocenters. The number of carbonyl (C=O) groups excluding carboxylic acids is 2. The highest BCUT2D eigenvalue weighted by atomic mass is 35.5. The minimum Gasteiger partial charge on any atom is -0.300 e. The second kappa shape index (κ2) is 6.02. The van der Waals surface area contributed by atoms with Gasteiger partial charge in [-0.3, -0.25) is 9.59 Å². The van der Waals surface area contributed by atoms with Crippen molar-refractivity contribution in [3.05, 3.63) is 69.7 Å². The zero-order chi connectivity index (χ0) is 14.7. The summed E-state index contributed by atoms with van der Waals surface area (Å²) in [6.07, 6.45) is 0.273. The topological polar surface area (TPSA) is 34.1 Å². The van der Waals surface area contributed by atoms with Crippen molar-refractivity contribution in [1.82, 2.24) is 0 Å². The van der Waals surface area contributed by atoms with Gasteiger partial charge in [0.2, 0.25) is 0 Å². The summed E-state index contributed by atoms with van der Waals surface area (Å²) in [5.41, 5.74) is 2.92. The zero-order valence-corrected chi connectivity index (χ0v) is 12.2. The first kappa shape index (κ1) is 14.5. The molecule has 0 atom stereocenters. The van der Waals surface area contributed by atoms with Crippen molar-refractivity contribution in [2.24, 2.45) is 0 Å². The van der Waals surface area contributed by atoms with Crippen LogP contribution in [0.15, 0.2) is 42.5 Å². The maximum Gasteiger partial charge on any atom is 0.193 e. The summed E-state index contributed by atoms with van der Waals surface area (Å²) in [5.74, 6) is -0.0411. The average molecular weight is 287 g/mol. The summed E-state index contributed by atoms with van der Waals surface area (Å²) in [6.45, 7) is 3.45. The second-order valence-electron chi connectivity index (χ2n) is 4.88. The van der Waals surface area contributed by atoms with Gasteiger partial charge in [0.05, 0.1) is 0 Å². The van der Waals surface area contributed by atoms with E-state index in [1.807, 2.05) is 25.1 Å². The molecule has 0 aliphatic rings. The zero-order valence-electron chi connectivity index (χ0n) is 11.4. The molecule has 0 aliphatic heterocycles. The average Bonchev–Trinajstić information content (AvgIpc) is 2.40. The molecule has 0 N–H and O–H groups in total. The third kappa shape index (κ3) is 3.34. The molecule has 0 aliphatic carbocycles. The first-order valence-corrected chi connectivity index (χ1v) is 6.74. The highest BCUT2D eigenvalue weighted by Gasteiger charge is 2.14. The summed E-state index contributed by atoms with van der Waals surface area (Å²) in [5, 5.41) is 0.592. The maximum absolute atomic E-state index is 12.6. The van der Waals surface area contributed by atoms with Crippen LogP contribution in [0.3, 0.4) is 0 Å². The standard InChI is InChI=1S/C17H15ClO2/c1-11-3-4-14(10-12(2)19)16(9-11)17(20)13-5-7-15(18)8-6-13/h3-9H,10H2,1-2H3. The van der Waals surface area contributed by atoms with Crippen molar-refractivity contribution in [3.8, 4) is 0 Å². The van der Waals surface area contributed by atoms with Gasteiger partial charge in [-0.1, -0.05) is 29.3 Å². The maximum atomic E-state index is 12.6. The Balaban J connectivity index is 2.44. The number of hydrogen-bond acceptors (Lipinski definition) is 2. The van der Waals surface area contributed by atoms with E-state index in [1.54, 1.807) is 24.3 Å². The quantitative estimate of drug-likeness (QED) is 0.796. The van der Waals surface area contributed by atoms with E-state index in [1.165, 1.54) is 6.92 Å². The predicted octanol–water partition coefficient (Wildman–Crippen LogP) is 4.01. The molecule has 20 heavy (non-hydrogen) atoms. The molecule has 0 heterocycles. The predicted molar refractivity (Wildman–Crippen MR) is 80.4 cm³/mol. The Hall–Kier alpha value is -1.93. The SMILES string of the molecule is CC(=O)Cc1ccc(C)cc1C(=O)c1ccc(Cl)cc1. The van der Waals surface area contributed by atoms with Crippen LogP contribution < -0.4 is 0 Å². The number of halogens is 1. The Morgan fingerprint density at radius 2 is 1.70 bits per heavy atom. The highest BCUT2D eigenvalue weighted by Crippen LogP contribution is 2.19. The van der Waals surface area contributed by atoms with Gasteiger partial charge >= 0.3 is 0 Å². The molecule has 2 rings (SSSR count). The lowest BCUT2D eigenvalue weighted by atomic mass is 9.94. The van der Waals surface area contributed by atoms with Crippen molar-refractivity contribution in [1.29, 1.82) is 0 Å². The molecular weight excluding hydrogens is 272 g/mol. The lowest BCUT2D eigenvalue weighted by molar-refractivity contribution is -0.116. The minimum absolute atomic E-state index is 0.0407. The molecule has 3 heteroatoms. The molecule has 0 radical (unpaired) electrons. The molecule has 102 valence electrons. The lowest BCUT2D eigenvalue weighted by Gasteiger charge is -2.09. The molecule has 2 nitrogen and oxygen atoms in total. The molecule has 0 amide bonds. The van der Waals surface area contributed by atoms with Crippen LogP contribution >= 0.6 is 11.6 Å². The summed E-state index contributed by atoms with van der Waals surface area (Å²) >= 11 is 5.83. The van der Waals surface area contributed by atoms with Crippen LogP contribution in [0.2, 0.25) is 5.02 Å². The Kier molecular flexibility index (Phi) is 4.35. The van der Waals surface area contributed by atoms with Crippen LogP contribution in [-0.2, 0) is 11.2 Å². The van der Waals surface area contributed by atoms with E-state index < -0.39 is 0 Å². The van der Waals surface area contributed by atoms with Crippen molar-refractivity contribution < 1.29 is 9.59 Å². The Morgan fingerprint density at radius 3 is 2.30 bits per heavy atom. The van der Waals surface area contributed by atoms with Crippen LogP contribution in [0, 0.1) is 6.92 Å². The van der Waals surface area contributed by atoms with Crippen LogP contribution in [-0.4, -0.2) is 11.6 Å². The van der Waals surface area contributed by atoms with Gasteiger partial charge in [-0.25, -0.2) is 0 Å². The fourth-order valence-electron chi connectivity index (χ4n) is 2.08. The first-order valence-electron chi connectivity index (χ1n) is 6.36. The number of benzene rings is 2. The molecule has 0 saturated heterocycles. The van der Waals surface area contributed by atoms with Crippen molar-refractivity contribution in [3.63, 3.8) is 0 Å². The van der Waals surface area contributed by atoms with Gasteiger partial charge < -0.3 is 0 Å². The van der Waals surface area contributed by atoms with Gasteiger partial charge in [0.1, 0.15) is 5.78 Å². The first-order chi connectivity index (χ1) is 9.47. The molecule has 0 bridgehead atoms. The monoisotopic (exact) mass is 286 g/mol. The van der Waals surface area contributed by atoms with Gasteiger partial charge in [-0.2, -0.15) is 0 Å². The summed E-state index contributed by atoms with van der Waals surface area (Å²) in [7, 11) is 0. The van der Waals surface area contributed by atoms with Gasteiger partial charge in [0.25, 0.3) is 0 Å².